The molecule has 0 saturated carbocycles. The molecule has 0 saturated heterocycles. The summed E-state index contributed by atoms with van der Waals surface area (Å²) in [6.07, 6.45) is 0.664. The van der Waals surface area contributed by atoms with E-state index in [1.807, 2.05) is 37.3 Å². The lowest BCUT2D eigenvalue weighted by molar-refractivity contribution is 0.197. The molecule has 1 aliphatic heterocycles. The summed E-state index contributed by atoms with van der Waals surface area (Å²) < 4.78 is 30.3. The highest BCUT2D eigenvalue weighted by Gasteiger charge is 2.35. The Balaban J connectivity index is 1.70. The van der Waals surface area contributed by atoms with Gasteiger partial charge in [-0.2, -0.15) is 0 Å². The van der Waals surface area contributed by atoms with Crippen molar-refractivity contribution in [2.75, 3.05) is 6.61 Å². The molecule has 1 aliphatic rings. The second kappa shape index (κ2) is 8.00. The quantitative estimate of drug-likeness (QED) is 0.444. The van der Waals surface area contributed by atoms with E-state index in [1.165, 1.54) is 0 Å². The summed E-state index contributed by atoms with van der Waals surface area (Å²) in [4.78, 5) is 0. The van der Waals surface area contributed by atoms with Gasteiger partial charge in [-0.1, -0.05) is 59.6 Å². The molecular weight excluding hydrogens is 395 g/mol. The third-order valence-electron chi connectivity index (χ3n) is 4.64. The maximum atomic E-state index is 13.3. The van der Waals surface area contributed by atoms with Crippen LogP contribution in [0.5, 0.6) is 11.5 Å². The van der Waals surface area contributed by atoms with Gasteiger partial charge < -0.3 is 9.05 Å². The Kier molecular flexibility index (Phi) is 5.45. The molecule has 0 N–H and O–H groups in total. The van der Waals surface area contributed by atoms with Crippen LogP contribution in [0.4, 0.5) is 0 Å². The van der Waals surface area contributed by atoms with Crippen molar-refractivity contribution >= 4 is 19.4 Å². The smallest absolute Gasteiger partial charge is 0.395 e. The molecule has 1 heterocycles. The van der Waals surface area contributed by atoms with E-state index in [2.05, 4.69) is 18.2 Å². The van der Waals surface area contributed by atoms with Crippen molar-refractivity contribution in [3.63, 3.8) is 0 Å². The van der Waals surface area contributed by atoms with Crippen molar-refractivity contribution in [1.29, 1.82) is 0 Å². The van der Waals surface area contributed by atoms with Crippen LogP contribution in [0, 0.1) is 6.92 Å². The Morgan fingerprint density at radius 1 is 1.04 bits per heavy atom. The van der Waals surface area contributed by atoms with Crippen LogP contribution >= 0.6 is 19.4 Å². The van der Waals surface area contributed by atoms with E-state index in [9.17, 15) is 4.57 Å². The zero-order valence-corrected chi connectivity index (χ0v) is 17.0. The number of halogens is 1. The van der Waals surface area contributed by atoms with E-state index in [4.69, 9.17) is 25.2 Å². The molecule has 0 aliphatic carbocycles. The van der Waals surface area contributed by atoms with E-state index in [-0.39, 0.29) is 12.5 Å². The highest BCUT2D eigenvalue weighted by atomic mass is 35.5. The van der Waals surface area contributed by atoms with Gasteiger partial charge in [0.15, 0.2) is 0 Å². The normalized spacial score (nSPS) is 21.7. The molecule has 0 bridgehead atoms. The molecule has 0 fully saturated rings. The summed E-state index contributed by atoms with van der Waals surface area (Å²) in [5.41, 5.74) is 3.25. The molecule has 3 aromatic carbocycles. The zero-order chi connectivity index (χ0) is 19.6. The van der Waals surface area contributed by atoms with Gasteiger partial charge in [0.25, 0.3) is 0 Å². The third-order valence-corrected chi connectivity index (χ3v) is 6.25. The van der Waals surface area contributed by atoms with Crippen LogP contribution in [0.25, 0.3) is 0 Å². The topological polar surface area (TPSA) is 44.8 Å². The van der Waals surface area contributed by atoms with Crippen molar-refractivity contribution in [3.8, 4) is 11.5 Å². The number of phosphoric acid groups is 1. The summed E-state index contributed by atoms with van der Waals surface area (Å²) in [6.45, 7) is 2.28. The minimum Gasteiger partial charge on any atom is -0.395 e. The molecule has 0 spiro atoms. The molecule has 4 nitrogen and oxygen atoms in total. The van der Waals surface area contributed by atoms with Crippen LogP contribution in [0.2, 0.25) is 5.02 Å². The minimum atomic E-state index is -3.83. The SMILES string of the molecule is Cc1ccc2c(c1)C(c1ccccc1)CCOP(=O)(Oc1ccc(Cl)cc1)O2. The second-order valence-electron chi connectivity index (χ2n) is 6.71. The van der Waals surface area contributed by atoms with Gasteiger partial charge in [0.1, 0.15) is 11.5 Å². The second-order valence-corrected chi connectivity index (χ2v) is 8.66. The van der Waals surface area contributed by atoms with Crippen molar-refractivity contribution < 1.29 is 18.1 Å². The van der Waals surface area contributed by atoms with E-state index >= 15 is 0 Å². The maximum absolute atomic E-state index is 13.3. The van der Waals surface area contributed by atoms with Gasteiger partial charge in [-0.3, -0.25) is 4.52 Å². The predicted molar refractivity (Wildman–Crippen MR) is 110 cm³/mol. The zero-order valence-electron chi connectivity index (χ0n) is 15.4. The monoisotopic (exact) mass is 414 g/mol. The predicted octanol–water partition coefficient (Wildman–Crippen LogP) is 6.77. The number of benzene rings is 3. The van der Waals surface area contributed by atoms with E-state index < -0.39 is 7.82 Å². The minimum absolute atomic E-state index is 0.0837. The van der Waals surface area contributed by atoms with Gasteiger partial charge in [-0.05, 0) is 49.2 Å². The molecule has 0 aromatic heterocycles. The fourth-order valence-electron chi connectivity index (χ4n) is 3.31. The van der Waals surface area contributed by atoms with Gasteiger partial charge in [0, 0.05) is 16.5 Å². The Morgan fingerprint density at radius 3 is 2.54 bits per heavy atom. The van der Waals surface area contributed by atoms with E-state index in [0.717, 1.165) is 16.7 Å². The van der Waals surface area contributed by atoms with Crippen LogP contribution in [0.3, 0.4) is 0 Å². The van der Waals surface area contributed by atoms with E-state index in [0.29, 0.717) is 22.9 Å². The first-order valence-corrected chi connectivity index (χ1v) is 10.9. The fraction of sp³-hybridized carbons (Fsp3) is 0.182. The van der Waals surface area contributed by atoms with Crippen molar-refractivity contribution in [2.24, 2.45) is 0 Å². The summed E-state index contributed by atoms with van der Waals surface area (Å²) >= 11 is 5.91. The van der Waals surface area contributed by atoms with Gasteiger partial charge in [0.2, 0.25) is 0 Å². The Bertz CT molecular complexity index is 1000. The van der Waals surface area contributed by atoms with Crippen molar-refractivity contribution in [2.45, 2.75) is 19.3 Å². The van der Waals surface area contributed by atoms with Gasteiger partial charge in [0.05, 0.1) is 6.61 Å². The Labute approximate surface area is 169 Å². The standard InChI is InChI=1S/C22H20ClO4P/c1-16-7-12-22-21(15-16)20(17-5-3-2-4-6-17)13-14-25-28(24,27-22)26-19-10-8-18(23)9-11-19/h2-12,15,20H,13-14H2,1H3. The summed E-state index contributed by atoms with van der Waals surface area (Å²) in [5.74, 6) is 0.971. The molecule has 3 aromatic rings. The molecule has 144 valence electrons. The average Bonchev–Trinajstić information content (AvgIpc) is 2.68. The number of hydrogen-bond acceptors (Lipinski definition) is 4. The Morgan fingerprint density at radius 2 is 1.79 bits per heavy atom. The van der Waals surface area contributed by atoms with Crippen molar-refractivity contribution in [3.05, 3.63) is 94.5 Å². The lowest BCUT2D eigenvalue weighted by atomic mass is 9.87. The number of hydrogen-bond donors (Lipinski definition) is 0. The van der Waals surface area contributed by atoms with Crippen LogP contribution < -0.4 is 9.05 Å². The largest absolute Gasteiger partial charge is 0.587 e. The third kappa shape index (κ3) is 4.25. The number of phosphoric ester groups is 1. The first-order chi connectivity index (χ1) is 13.5. The summed E-state index contributed by atoms with van der Waals surface area (Å²) in [7, 11) is -3.83. The summed E-state index contributed by atoms with van der Waals surface area (Å²) in [5, 5.41) is 0.566. The Hall–Kier alpha value is -2.26. The first kappa shape index (κ1) is 19.1. The highest BCUT2D eigenvalue weighted by Crippen LogP contribution is 2.53. The summed E-state index contributed by atoms with van der Waals surface area (Å²) in [6, 6.07) is 22.6. The maximum Gasteiger partial charge on any atom is 0.587 e. The molecular formula is C22H20ClO4P. The molecule has 2 atom stereocenters. The fourth-order valence-corrected chi connectivity index (χ4v) is 4.69. The van der Waals surface area contributed by atoms with Crippen LogP contribution in [0.15, 0.2) is 72.8 Å². The van der Waals surface area contributed by atoms with Crippen LogP contribution in [0.1, 0.15) is 29.0 Å². The number of aryl methyl sites for hydroxylation is 1. The molecule has 0 radical (unpaired) electrons. The number of rotatable bonds is 3. The highest BCUT2D eigenvalue weighted by molar-refractivity contribution is 7.49. The molecule has 2 unspecified atom stereocenters. The van der Waals surface area contributed by atoms with Crippen molar-refractivity contribution in [1.82, 2.24) is 0 Å². The molecule has 6 heteroatoms. The van der Waals surface area contributed by atoms with Gasteiger partial charge in [-0.15, -0.1) is 0 Å². The van der Waals surface area contributed by atoms with Crippen LogP contribution in [-0.4, -0.2) is 6.61 Å². The molecule has 28 heavy (non-hydrogen) atoms. The lowest BCUT2D eigenvalue weighted by Crippen LogP contribution is -2.15. The van der Waals surface area contributed by atoms with Gasteiger partial charge in [-0.25, -0.2) is 4.57 Å². The first-order valence-electron chi connectivity index (χ1n) is 9.07. The average molecular weight is 415 g/mol. The molecule has 4 rings (SSSR count). The van der Waals surface area contributed by atoms with Gasteiger partial charge >= 0.3 is 7.82 Å². The van der Waals surface area contributed by atoms with E-state index in [1.54, 1.807) is 24.3 Å². The lowest BCUT2D eigenvalue weighted by Gasteiger charge is -2.28. The number of fused-ring (bicyclic) bond motifs is 1. The molecule has 0 amide bonds. The van der Waals surface area contributed by atoms with Crippen LogP contribution in [-0.2, 0) is 9.09 Å².